The Hall–Kier alpha value is -4.05. The van der Waals surface area contributed by atoms with Gasteiger partial charge < -0.3 is 15.2 Å². The third kappa shape index (κ3) is 3.26. The molecule has 6 rings (SSSR count). The highest BCUT2D eigenvalue weighted by molar-refractivity contribution is 6.12. The van der Waals surface area contributed by atoms with Crippen molar-refractivity contribution in [2.24, 2.45) is 0 Å². The summed E-state index contributed by atoms with van der Waals surface area (Å²) in [7, 11) is 1.85. The van der Waals surface area contributed by atoms with Gasteiger partial charge in [0.1, 0.15) is 0 Å². The lowest BCUT2D eigenvalue weighted by molar-refractivity contribution is 0.0816. The molecule has 1 aliphatic heterocycles. The fraction of sp³-hybridized carbons (Fsp3) is 0.138. The molecule has 2 N–H and O–H groups in total. The largest absolute Gasteiger partial charge is 0.377 e. The van der Waals surface area contributed by atoms with E-state index in [1.807, 2.05) is 19.2 Å². The summed E-state index contributed by atoms with van der Waals surface area (Å²) < 4.78 is 0. The van der Waals surface area contributed by atoms with Crippen LogP contribution in [0.4, 0.5) is 5.69 Å². The van der Waals surface area contributed by atoms with Gasteiger partial charge in [-0.05, 0) is 59.5 Å². The van der Waals surface area contributed by atoms with E-state index in [0.717, 1.165) is 39.0 Å². The van der Waals surface area contributed by atoms with Crippen LogP contribution >= 0.6 is 0 Å². The lowest BCUT2D eigenvalue weighted by Gasteiger charge is -2.16. The minimum atomic E-state index is 0.105. The number of nitrogens with one attached hydrogen (secondary N) is 2. The number of aromatic nitrogens is 1. The molecule has 4 heteroatoms. The molecular formula is C29H25N3O. The van der Waals surface area contributed by atoms with Crippen LogP contribution in [-0.4, -0.2) is 22.8 Å². The number of nitrogens with zero attached hydrogens (tertiary/aromatic N) is 1. The number of benzene rings is 4. The number of aromatic amines is 1. The van der Waals surface area contributed by atoms with E-state index >= 15 is 0 Å². The second-order valence-corrected chi connectivity index (χ2v) is 8.92. The molecule has 0 radical (unpaired) electrons. The first-order chi connectivity index (χ1) is 16.1. The molecule has 5 aromatic rings. The summed E-state index contributed by atoms with van der Waals surface area (Å²) in [4.78, 5) is 17.6. The fourth-order valence-corrected chi connectivity index (χ4v) is 4.93. The van der Waals surface area contributed by atoms with Gasteiger partial charge in [0.25, 0.3) is 5.91 Å². The quantitative estimate of drug-likeness (QED) is 0.331. The SMILES string of the molecule is CC(Nc1cccc2c1[nH]c1ccc(-c3ccc4c(c3)CN(C)C4=O)cc12)c1ccccc1. The minimum Gasteiger partial charge on any atom is -0.377 e. The number of anilines is 1. The van der Waals surface area contributed by atoms with Crippen LogP contribution in [0.5, 0.6) is 0 Å². The Morgan fingerprint density at radius 1 is 0.879 bits per heavy atom. The molecule has 0 saturated heterocycles. The molecule has 1 amide bonds. The highest BCUT2D eigenvalue weighted by Crippen LogP contribution is 2.35. The molecule has 1 aromatic heterocycles. The predicted molar refractivity (Wildman–Crippen MR) is 136 cm³/mol. The van der Waals surface area contributed by atoms with Crippen LogP contribution in [-0.2, 0) is 6.54 Å². The number of carbonyl (C=O) groups is 1. The summed E-state index contributed by atoms with van der Waals surface area (Å²) in [6.45, 7) is 2.86. The van der Waals surface area contributed by atoms with Gasteiger partial charge in [-0.2, -0.15) is 0 Å². The van der Waals surface area contributed by atoms with E-state index < -0.39 is 0 Å². The zero-order valence-electron chi connectivity index (χ0n) is 18.7. The Kier molecular flexibility index (Phi) is 4.47. The van der Waals surface area contributed by atoms with E-state index in [1.54, 1.807) is 4.90 Å². The van der Waals surface area contributed by atoms with Gasteiger partial charge in [-0.25, -0.2) is 0 Å². The van der Waals surface area contributed by atoms with Gasteiger partial charge in [-0.3, -0.25) is 4.79 Å². The van der Waals surface area contributed by atoms with Crippen molar-refractivity contribution >= 4 is 33.4 Å². The number of hydrogen-bond acceptors (Lipinski definition) is 2. The van der Waals surface area contributed by atoms with E-state index in [-0.39, 0.29) is 11.9 Å². The molecule has 4 nitrogen and oxygen atoms in total. The van der Waals surface area contributed by atoms with Crippen LogP contribution in [0, 0.1) is 0 Å². The van der Waals surface area contributed by atoms with Gasteiger partial charge >= 0.3 is 0 Å². The normalized spacial score (nSPS) is 14.1. The molecule has 0 fully saturated rings. The summed E-state index contributed by atoms with van der Waals surface area (Å²) >= 11 is 0. The number of hydrogen-bond donors (Lipinski definition) is 2. The van der Waals surface area contributed by atoms with E-state index in [2.05, 4.69) is 90.0 Å². The number of H-pyrrole nitrogens is 1. The summed E-state index contributed by atoms with van der Waals surface area (Å²) in [6, 6.07) is 29.8. The Balaban J connectivity index is 1.40. The first-order valence-electron chi connectivity index (χ1n) is 11.3. The number of rotatable bonds is 4. The Morgan fingerprint density at radius 3 is 2.52 bits per heavy atom. The molecule has 0 aliphatic carbocycles. The zero-order chi connectivity index (χ0) is 22.5. The molecule has 2 heterocycles. The maximum atomic E-state index is 12.2. The monoisotopic (exact) mass is 431 g/mol. The van der Waals surface area contributed by atoms with Crippen molar-refractivity contribution in [1.82, 2.24) is 9.88 Å². The van der Waals surface area contributed by atoms with Crippen LogP contribution in [0.15, 0.2) is 84.9 Å². The van der Waals surface area contributed by atoms with Crippen LogP contribution in [0.25, 0.3) is 32.9 Å². The number of amides is 1. The van der Waals surface area contributed by atoms with Crippen LogP contribution in [0.3, 0.4) is 0 Å². The maximum absolute atomic E-state index is 12.2. The van der Waals surface area contributed by atoms with E-state index in [1.165, 1.54) is 16.3 Å². The van der Waals surface area contributed by atoms with E-state index in [0.29, 0.717) is 6.54 Å². The molecule has 0 bridgehead atoms. The summed E-state index contributed by atoms with van der Waals surface area (Å²) in [5.41, 5.74) is 8.80. The topological polar surface area (TPSA) is 48.1 Å². The predicted octanol–water partition coefficient (Wildman–Crippen LogP) is 6.75. The van der Waals surface area contributed by atoms with Gasteiger partial charge in [-0.1, -0.05) is 54.6 Å². The van der Waals surface area contributed by atoms with E-state index in [4.69, 9.17) is 0 Å². The highest BCUT2D eigenvalue weighted by atomic mass is 16.2. The number of carbonyl (C=O) groups excluding carboxylic acids is 1. The molecule has 1 unspecified atom stereocenters. The van der Waals surface area contributed by atoms with Crippen LogP contribution in [0.1, 0.15) is 34.5 Å². The molecular weight excluding hydrogens is 406 g/mol. The van der Waals surface area contributed by atoms with Crippen molar-refractivity contribution in [2.75, 3.05) is 12.4 Å². The summed E-state index contributed by atoms with van der Waals surface area (Å²) in [5, 5.41) is 6.08. The van der Waals surface area contributed by atoms with Crippen LogP contribution < -0.4 is 5.32 Å². The zero-order valence-corrected chi connectivity index (χ0v) is 18.7. The fourth-order valence-electron chi connectivity index (χ4n) is 4.93. The van der Waals surface area contributed by atoms with Gasteiger partial charge in [0.05, 0.1) is 11.2 Å². The van der Waals surface area contributed by atoms with Crippen molar-refractivity contribution in [3.8, 4) is 11.1 Å². The minimum absolute atomic E-state index is 0.105. The maximum Gasteiger partial charge on any atom is 0.254 e. The third-order valence-electron chi connectivity index (χ3n) is 6.73. The van der Waals surface area contributed by atoms with Crippen molar-refractivity contribution in [1.29, 1.82) is 0 Å². The van der Waals surface area contributed by atoms with Crippen molar-refractivity contribution in [3.05, 3.63) is 102 Å². The molecule has 162 valence electrons. The molecule has 0 saturated carbocycles. The summed E-state index contributed by atoms with van der Waals surface area (Å²) in [6.07, 6.45) is 0. The number of fused-ring (bicyclic) bond motifs is 4. The molecule has 33 heavy (non-hydrogen) atoms. The molecule has 1 aliphatic rings. The van der Waals surface area contributed by atoms with E-state index in [9.17, 15) is 4.79 Å². The van der Waals surface area contributed by atoms with Crippen LogP contribution in [0.2, 0.25) is 0 Å². The van der Waals surface area contributed by atoms with Crippen molar-refractivity contribution in [3.63, 3.8) is 0 Å². The van der Waals surface area contributed by atoms with Gasteiger partial charge in [0, 0.05) is 41.5 Å². The number of para-hydroxylation sites is 1. The Bertz CT molecular complexity index is 1520. The molecule has 4 aromatic carbocycles. The van der Waals surface area contributed by atoms with Gasteiger partial charge in [0.15, 0.2) is 0 Å². The first-order valence-corrected chi connectivity index (χ1v) is 11.3. The average Bonchev–Trinajstić information content (AvgIpc) is 3.36. The second-order valence-electron chi connectivity index (χ2n) is 8.92. The lowest BCUT2D eigenvalue weighted by atomic mass is 9.99. The van der Waals surface area contributed by atoms with Crippen molar-refractivity contribution < 1.29 is 4.79 Å². The third-order valence-corrected chi connectivity index (χ3v) is 6.73. The Labute approximate surface area is 192 Å². The van der Waals surface area contributed by atoms with Gasteiger partial charge in [-0.15, -0.1) is 0 Å². The van der Waals surface area contributed by atoms with Gasteiger partial charge in [0.2, 0.25) is 0 Å². The standard InChI is InChI=1S/C29H25N3O/c1-18(19-7-4-3-5-8-19)30-27-10-6-9-24-25-16-21(12-14-26(25)31-28(24)27)20-11-13-23-22(15-20)17-32(2)29(23)33/h3-16,18,30-31H,17H2,1-2H3. The first kappa shape index (κ1) is 19.6. The smallest absolute Gasteiger partial charge is 0.254 e. The second kappa shape index (κ2) is 7.52. The van der Waals surface area contributed by atoms with Crippen molar-refractivity contribution in [2.45, 2.75) is 19.5 Å². The highest BCUT2D eigenvalue weighted by Gasteiger charge is 2.24. The average molecular weight is 432 g/mol. The molecule has 1 atom stereocenters. The summed E-state index contributed by atoms with van der Waals surface area (Å²) in [5.74, 6) is 0.105. The molecule has 0 spiro atoms. The lowest BCUT2D eigenvalue weighted by Crippen LogP contribution is -2.17. The Morgan fingerprint density at radius 2 is 1.67 bits per heavy atom.